The van der Waals surface area contributed by atoms with Crippen molar-refractivity contribution in [2.75, 3.05) is 6.54 Å². The first kappa shape index (κ1) is 14.5. The number of nitrogens with two attached hydrogens (primary N) is 1. The van der Waals surface area contributed by atoms with Gasteiger partial charge < -0.3 is 15.9 Å². The molecule has 1 rings (SSSR count). The monoisotopic (exact) mass is 241 g/mol. The Hall–Kier alpha value is -0.545. The Balaban J connectivity index is 2.41. The first-order valence-electron chi connectivity index (χ1n) is 6.65. The molecule has 0 aromatic rings. The van der Waals surface area contributed by atoms with Crippen molar-refractivity contribution in [1.29, 1.82) is 0 Å². The van der Waals surface area contributed by atoms with Gasteiger partial charge in [-0.1, -0.05) is 19.7 Å². The van der Waals surface area contributed by atoms with Crippen molar-refractivity contribution in [2.24, 2.45) is 23.5 Å². The Bertz CT molecular complexity index is 248. The maximum Gasteiger partial charge on any atom is 0.306 e. The lowest BCUT2D eigenvalue weighted by atomic mass is 9.66. The van der Waals surface area contributed by atoms with Gasteiger partial charge in [-0.3, -0.25) is 4.79 Å². The zero-order valence-electron chi connectivity index (χ0n) is 10.6. The number of rotatable bonds is 7. The van der Waals surface area contributed by atoms with Crippen LogP contribution < -0.4 is 5.73 Å². The second-order valence-corrected chi connectivity index (χ2v) is 5.40. The summed E-state index contributed by atoms with van der Waals surface area (Å²) in [5, 5.41) is 18.4. The standard InChI is InChI=1S/C12H24BNO3/c1-13(17)5-2-3-10-7-9(4-6-14)8-11(10)12(15)16/h9-11,17H,2-8,14H2,1H3,(H,15,16)/t9-,10-,11+/m0/s1. The smallest absolute Gasteiger partial charge is 0.306 e. The molecule has 0 aromatic carbocycles. The quantitative estimate of drug-likeness (QED) is 0.589. The molecule has 0 unspecified atom stereocenters. The van der Waals surface area contributed by atoms with Crippen molar-refractivity contribution in [2.45, 2.75) is 45.2 Å². The topological polar surface area (TPSA) is 83.5 Å². The Morgan fingerprint density at radius 1 is 1.41 bits per heavy atom. The molecular weight excluding hydrogens is 217 g/mol. The van der Waals surface area contributed by atoms with Crippen LogP contribution in [0.4, 0.5) is 0 Å². The molecule has 0 aromatic heterocycles. The van der Waals surface area contributed by atoms with Gasteiger partial charge in [0.2, 0.25) is 0 Å². The third kappa shape index (κ3) is 4.68. The van der Waals surface area contributed by atoms with Crippen LogP contribution in [0.1, 0.15) is 32.1 Å². The first-order chi connectivity index (χ1) is 8.04. The number of carbonyl (C=O) groups is 1. The van der Waals surface area contributed by atoms with Gasteiger partial charge in [-0.2, -0.15) is 0 Å². The number of aliphatic carboxylic acids is 1. The highest BCUT2D eigenvalue weighted by molar-refractivity contribution is 6.48. The van der Waals surface area contributed by atoms with Crippen LogP contribution in [0.15, 0.2) is 0 Å². The number of carboxylic acid groups (broad SMARTS) is 1. The highest BCUT2D eigenvalue weighted by atomic mass is 16.4. The summed E-state index contributed by atoms with van der Waals surface area (Å²) in [6.07, 6.45) is 5.32. The number of hydrogen-bond donors (Lipinski definition) is 3. The van der Waals surface area contributed by atoms with E-state index in [0.29, 0.717) is 12.5 Å². The molecule has 0 radical (unpaired) electrons. The molecule has 0 aliphatic heterocycles. The van der Waals surface area contributed by atoms with Crippen LogP contribution in [0.3, 0.4) is 0 Å². The fraction of sp³-hybridized carbons (Fsp3) is 0.917. The van der Waals surface area contributed by atoms with Crippen molar-refractivity contribution in [3.63, 3.8) is 0 Å². The zero-order chi connectivity index (χ0) is 12.8. The van der Waals surface area contributed by atoms with E-state index in [1.54, 1.807) is 6.82 Å². The van der Waals surface area contributed by atoms with E-state index < -0.39 is 5.97 Å². The molecule has 1 aliphatic rings. The average molecular weight is 241 g/mol. The molecule has 1 aliphatic carbocycles. The summed E-state index contributed by atoms with van der Waals surface area (Å²) in [5.41, 5.74) is 5.53. The normalized spacial score (nSPS) is 28.3. The van der Waals surface area contributed by atoms with Gasteiger partial charge in [-0.25, -0.2) is 0 Å². The Morgan fingerprint density at radius 2 is 2.12 bits per heavy atom. The van der Waals surface area contributed by atoms with Crippen LogP contribution in [-0.4, -0.2) is 29.6 Å². The summed E-state index contributed by atoms with van der Waals surface area (Å²) >= 11 is 0. The van der Waals surface area contributed by atoms with Crippen molar-refractivity contribution in [3.8, 4) is 0 Å². The molecule has 1 fully saturated rings. The fourth-order valence-corrected chi connectivity index (χ4v) is 3.01. The molecule has 4 N–H and O–H groups in total. The minimum atomic E-state index is -0.661. The molecule has 0 bridgehead atoms. The molecule has 17 heavy (non-hydrogen) atoms. The van der Waals surface area contributed by atoms with Crippen molar-refractivity contribution in [3.05, 3.63) is 0 Å². The Labute approximate surface area is 104 Å². The minimum Gasteiger partial charge on any atom is -0.481 e. The van der Waals surface area contributed by atoms with E-state index in [1.807, 2.05) is 0 Å². The Kier molecular flexibility index (Phi) is 5.99. The van der Waals surface area contributed by atoms with E-state index in [4.69, 9.17) is 5.73 Å². The first-order valence-corrected chi connectivity index (χ1v) is 6.65. The minimum absolute atomic E-state index is 0.194. The lowest BCUT2D eigenvalue weighted by molar-refractivity contribution is -0.143. The fourth-order valence-electron chi connectivity index (χ4n) is 3.01. The highest BCUT2D eigenvalue weighted by Gasteiger charge is 2.37. The SMILES string of the molecule is CB(O)CCC[C@H]1C[C@H](CCN)C[C@H]1C(=O)O. The molecule has 3 atom stereocenters. The maximum absolute atomic E-state index is 11.2. The van der Waals surface area contributed by atoms with E-state index in [2.05, 4.69) is 0 Å². The van der Waals surface area contributed by atoms with Crippen LogP contribution in [0.5, 0.6) is 0 Å². The van der Waals surface area contributed by atoms with Gasteiger partial charge in [-0.15, -0.1) is 0 Å². The predicted octanol–water partition coefficient (Wildman–Crippen LogP) is 1.46. The molecule has 4 nitrogen and oxygen atoms in total. The van der Waals surface area contributed by atoms with E-state index >= 15 is 0 Å². The van der Waals surface area contributed by atoms with E-state index in [0.717, 1.165) is 38.4 Å². The third-order valence-corrected chi connectivity index (χ3v) is 3.88. The molecule has 0 saturated heterocycles. The van der Waals surface area contributed by atoms with E-state index in [1.165, 1.54) is 0 Å². The Morgan fingerprint density at radius 3 is 2.65 bits per heavy atom. The predicted molar refractivity (Wildman–Crippen MR) is 68.9 cm³/mol. The lowest BCUT2D eigenvalue weighted by Gasteiger charge is -2.15. The summed E-state index contributed by atoms with van der Waals surface area (Å²) in [6.45, 7) is 2.15. The number of carboxylic acids is 1. The van der Waals surface area contributed by atoms with Gasteiger partial charge in [0.15, 0.2) is 0 Å². The van der Waals surface area contributed by atoms with Gasteiger partial charge in [0, 0.05) is 0 Å². The maximum atomic E-state index is 11.2. The molecule has 98 valence electrons. The average Bonchev–Trinajstić information content (AvgIpc) is 2.61. The van der Waals surface area contributed by atoms with Gasteiger partial charge in [0.1, 0.15) is 0 Å². The van der Waals surface area contributed by atoms with Gasteiger partial charge in [-0.05, 0) is 44.0 Å². The van der Waals surface area contributed by atoms with Crippen molar-refractivity contribution in [1.82, 2.24) is 0 Å². The summed E-state index contributed by atoms with van der Waals surface area (Å²) in [7, 11) is 0. The van der Waals surface area contributed by atoms with Crippen molar-refractivity contribution >= 4 is 12.9 Å². The van der Waals surface area contributed by atoms with Gasteiger partial charge in [0.25, 0.3) is 6.92 Å². The molecule has 0 amide bonds. The van der Waals surface area contributed by atoms with Crippen LogP contribution in [-0.2, 0) is 4.79 Å². The highest BCUT2D eigenvalue weighted by Crippen LogP contribution is 2.40. The van der Waals surface area contributed by atoms with Crippen molar-refractivity contribution < 1.29 is 14.9 Å². The second kappa shape index (κ2) is 7.02. The van der Waals surface area contributed by atoms with Crippen LogP contribution >= 0.6 is 0 Å². The lowest BCUT2D eigenvalue weighted by Crippen LogP contribution is -2.18. The zero-order valence-corrected chi connectivity index (χ0v) is 10.6. The molecular formula is C12H24BNO3. The van der Waals surface area contributed by atoms with Crippen LogP contribution in [0.25, 0.3) is 0 Å². The van der Waals surface area contributed by atoms with Gasteiger partial charge >= 0.3 is 5.97 Å². The summed E-state index contributed by atoms with van der Waals surface area (Å²) in [4.78, 5) is 11.2. The van der Waals surface area contributed by atoms with Gasteiger partial charge in [0.05, 0.1) is 5.92 Å². The summed E-state index contributed by atoms with van der Waals surface area (Å²) in [5.74, 6) is -0.0902. The van der Waals surface area contributed by atoms with Crippen LogP contribution in [0.2, 0.25) is 13.1 Å². The summed E-state index contributed by atoms with van der Waals surface area (Å²) in [6, 6.07) is 0. The largest absolute Gasteiger partial charge is 0.481 e. The summed E-state index contributed by atoms with van der Waals surface area (Å²) < 4.78 is 0. The molecule has 1 saturated carbocycles. The molecule has 5 heteroatoms. The van der Waals surface area contributed by atoms with E-state index in [9.17, 15) is 14.9 Å². The third-order valence-electron chi connectivity index (χ3n) is 3.88. The molecule has 0 heterocycles. The van der Waals surface area contributed by atoms with E-state index in [-0.39, 0.29) is 18.8 Å². The van der Waals surface area contributed by atoms with Crippen LogP contribution in [0, 0.1) is 17.8 Å². The molecule has 0 spiro atoms. The second-order valence-electron chi connectivity index (χ2n) is 5.40. The number of hydrogen-bond acceptors (Lipinski definition) is 3.